The van der Waals surface area contributed by atoms with Crippen molar-refractivity contribution in [2.45, 2.75) is 6.42 Å². The first-order chi connectivity index (χ1) is 17.0. The Bertz CT molecular complexity index is 1640. The quantitative estimate of drug-likeness (QED) is 0.121. The third kappa shape index (κ3) is 3.86. The maximum Gasteiger partial charge on any atom is 0.128 e. The highest BCUT2D eigenvalue weighted by atomic mass is 79.9. The van der Waals surface area contributed by atoms with Gasteiger partial charge in [0.1, 0.15) is 11.7 Å². The lowest BCUT2D eigenvalue weighted by Gasteiger charge is -2.14. The Morgan fingerprint density at radius 2 is 1.37 bits per heavy atom. The number of aliphatic imine (C=N–C) groups is 1. The van der Waals surface area contributed by atoms with Crippen molar-refractivity contribution < 1.29 is 0 Å². The van der Waals surface area contributed by atoms with Gasteiger partial charge in [-0.15, -0.1) is 0 Å². The number of nitrogen functional groups attached to an aromatic ring is 1. The molecule has 8 heteroatoms. The van der Waals surface area contributed by atoms with E-state index in [0.29, 0.717) is 5.56 Å². The van der Waals surface area contributed by atoms with Gasteiger partial charge in [0.05, 0.1) is 20.3 Å². The molecule has 0 spiro atoms. The van der Waals surface area contributed by atoms with Crippen molar-refractivity contribution in [1.29, 1.82) is 5.41 Å². The molecular formula is C27H22Br2N6. The minimum Gasteiger partial charge on any atom is -0.384 e. The first-order valence-electron chi connectivity index (χ1n) is 11.4. The number of hydrogen-bond acceptors (Lipinski definition) is 3. The number of rotatable bonds is 4. The summed E-state index contributed by atoms with van der Waals surface area (Å²) in [5.41, 5.74) is 13.7. The van der Waals surface area contributed by atoms with E-state index in [2.05, 4.69) is 94.6 Å². The van der Waals surface area contributed by atoms with E-state index >= 15 is 0 Å². The number of fused-ring (bicyclic) bond motifs is 2. The van der Waals surface area contributed by atoms with Gasteiger partial charge in [-0.05, 0) is 61.5 Å². The van der Waals surface area contributed by atoms with Crippen molar-refractivity contribution in [2.75, 3.05) is 13.1 Å². The molecule has 0 bridgehead atoms. The summed E-state index contributed by atoms with van der Waals surface area (Å²) in [7, 11) is 0. The van der Waals surface area contributed by atoms with Crippen LogP contribution in [-0.2, 0) is 0 Å². The van der Waals surface area contributed by atoms with Gasteiger partial charge in [-0.2, -0.15) is 0 Å². The summed E-state index contributed by atoms with van der Waals surface area (Å²) in [6, 6.07) is 20.6. The first-order valence-corrected chi connectivity index (χ1v) is 12.9. The molecule has 0 unspecified atom stereocenters. The van der Waals surface area contributed by atoms with Gasteiger partial charge < -0.3 is 21.0 Å². The fourth-order valence-electron chi connectivity index (χ4n) is 4.57. The number of H-pyrrole nitrogens is 2. The first kappa shape index (κ1) is 22.1. The summed E-state index contributed by atoms with van der Waals surface area (Å²) < 4.78 is 2.04. The molecule has 6 N–H and O–H groups in total. The SMILES string of the molecule is N=C(N)c1ccc2c(Br)c(-c3ccc(-c4[nH]c5cc(C6=NCCCN6)ccc5c4Br)cc3)[nH]c2c1. The van der Waals surface area contributed by atoms with Crippen molar-refractivity contribution in [1.82, 2.24) is 15.3 Å². The summed E-state index contributed by atoms with van der Waals surface area (Å²) in [6.45, 7) is 1.84. The maximum atomic E-state index is 7.70. The van der Waals surface area contributed by atoms with Crippen molar-refractivity contribution >= 4 is 65.3 Å². The summed E-state index contributed by atoms with van der Waals surface area (Å²) >= 11 is 7.55. The summed E-state index contributed by atoms with van der Waals surface area (Å²) in [4.78, 5) is 11.7. The van der Waals surface area contributed by atoms with Crippen LogP contribution in [-0.4, -0.2) is 34.7 Å². The topological polar surface area (TPSA) is 106 Å². The highest BCUT2D eigenvalue weighted by molar-refractivity contribution is 9.11. The average molecular weight is 590 g/mol. The van der Waals surface area contributed by atoms with Crippen LogP contribution in [0.1, 0.15) is 17.5 Å². The molecule has 1 aliphatic rings. The molecule has 2 aromatic heterocycles. The predicted octanol–water partition coefficient (Wildman–Crippen LogP) is 6.53. The number of nitrogens with one attached hydrogen (secondary N) is 4. The van der Waals surface area contributed by atoms with Crippen molar-refractivity contribution in [3.8, 4) is 22.5 Å². The van der Waals surface area contributed by atoms with Gasteiger partial charge in [-0.25, -0.2) is 0 Å². The molecule has 0 radical (unpaired) electrons. The van der Waals surface area contributed by atoms with Crippen LogP contribution in [0.5, 0.6) is 0 Å². The lowest BCUT2D eigenvalue weighted by Crippen LogP contribution is -2.30. The highest BCUT2D eigenvalue weighted by Crippen LogP contribution is 2.38. The Hall–Kier alpha value is -3.36. The number of amidine groups is 2. The fourth-order valence-corrected chi connectivity index (χ4v) is 5.92. The average Bonchev–Trinajstić information content (AvgIpc) is 3.40. The highest BCUT2D eigenvalue weighted by Gasteiger charge is 2.16. The fraction of sp³-hybridized carbons (Fsp3) is 0.111. The summed E-state index contributed by atoms with van der Waals surface area (Å²) in [6.07, 6.45) is 1.08. The Balaban J connectivity index is 1.35. The van der Waals surface area contributed by atoms with E-state index in [9.17, 15) is 0 Å². The Kier molecular flexibility index (Phi) is 5.50. The van der Waals surface area contributed by atoms with Gasteiger partial charge in [0, 0.05) is 46.0 Å². The van der Waals surface area contributed by atoms with Crippen LogP contribution < -0.4 is 11.1 Å². The zero-order valence-corrected chi connectivity index (χ0v) is 21.8. The second-order valence-electron chi connectivity index (χ2n) is 8.65. The molecular weight excluding hydrogens is 568 g/mol. The summed E-state index contributed by atoms with van der Waals surface area (Å²) in [5.74, 6) is 1.02. The number of nitrogens with two attached hydrogens (primary N) is 1. The minimum atomic E-state index is 0.0579. The molecule has 174 valence electrons. The third-order valence-corrected chi connectivity index (χ3v) is 8.06. The Morgan fingerprint density at radius 3 is 1.94 bits per heavy atom. The van der Waals surface area contributed by atoms with Gasteiger partial charge in [0.25, 0.3) is 0 Å². The van der Waals surface area contributed by atoms with E-state index < -0.39 is 0 Å². The molecule has 6 nitrogen and oxygen atoms in total. The van der Waals surface area contributed by atoms with Gasteiger partial charge in [-0.1, -0.05) is 48.5 Å². The number of hydrogen-bond donors (Lipinski definition) is 5. The van der Waals surface area contributed by atoms with Crippen molar-refractivity contribution in [2.24, 2.45) is 10.7 Å². The van der Waals surface area contributed by atoms with Crippen LogP contribution in [0.15, 0.2) is 74.6 Å². The molecule has 1 aliphatic heterocycles. The zero-order chi connectivity index (χ0) is 24.1. The molecule has 6 rings (SSSR count). The molecule has 0 fully saturated rings. The van der Waals surface area contributed by atoms with Crippen LogP contribution in [0.3, 0.4) is 0 Å². The molecule has 3 heterocycles. The van der Waals surface area contributed by atoms with E-state index in [-0.39, 0.29) is 5.84 Å². The van der Waals surface area contributed by atoms with E-state index in [0.717, 1.165) is 84.2 Å². The Morgan fingerprint density at radius 1 is 0.800 bits per heavy atom. The van der Waals surface area contributed by atoms with Gasteiger partial charge >= 0.3 is 0 Å². The number of halogens is 2. The predicted molar refractivity (Wildman–Crippen MR) is 151 cm³/mol. The zero-order valence-electron chi connectivity index (χ0n) is 18.7. The molecule has 0 aliphatic carbocycles. The van der Waals surface area contributed by atoms with E-state index in [1.807, 2.05) is 18.2 Å². The number of nitrogens with zero attached hydrogens (tertiary/aromatic N) is 1. The maximum absolute atomic E-state index is 7.70. The molecule has 0 saturated carbocycles. The lowest BCUT2D eigenvalue weighted by atomic mass is 10.1. The smallest absolute Gasteiger partial charge is 0.128 e. The van der Waals surface area contributed by atoms with Crippen LogP contribution in [0.2, 0.25) is 0 Å². The molecule has 5 aromatic rings. The van der Waals surface area contributed by atoms with Gasteiger partial charge in [0.2, 0.25) is 0 Å². The van der Waals surface area contributed by atoms with Crippen LogP contribution in [0, 0.1) is 5.41 Å². The molecule has 0 atom stereocenters. The largest absolute Gasteiger partial charge is 0.384 e. The van der Waals surface area contributed by atoms with Gasteiger partial charge in [-0.3, -0.25) is 10.4 Å². The second kappa shape index (κ2) is 8.70. The summed E-state index contributed by atoms with van der Waals surface area (Å²) in [5, 5.41) is 13.3. The number of aromatic nitrogens is 2. The van der Waals surface area contributed by atoms with E-state index in [1.54, 1.807) is 0 Å². The van der Waals surface area contributed by atoms with Crippen LogP contribution >= 0.6 is 31.9 Å². The number of aromatic amines is 2. The minimum absolute atomic E-state index is 0.0579. The van der Waals surface area contributed by atoms with E-state index in [1.165, 1.54) is 0 Å². The van der Waals surface area contributed by atoms with Crippen LogP contribution in [0.25, 0.3) is 44.3 Å². The van der Waals surface area contributed by atoms with Crippen molar-refractivity contribution in [3.63, 3.8) is 0 Å². The van der Waals surface area contributed by atoms with E-state index in [4.69, 9.17) is 11.1 Å². The molecule has 3 aromatic carbocycles. The van der Waals surface area contributed by atoms with Crippen LogP contribution in [0.4, 0.5) is 0 Å². The normalized spacial score (nSPS) is 13.7. The van der Waals surface area contributed by atoms with Crippen molar-refractivity contribution in [3.05, 3.63) is 80.7 Å². The molecule has 0 saturated heterocycles. The molecule has 35 heavy (non-hydrogen) atoms. The Labute approximate surface area is 218 Å². The molecule has 0 amide bonds. The lowest BCUT2D eigenvalue weighted by molar-refractivity contribution is 0.742. The third-order valence-electron chi connectivity index (χ3n) is 6.41. The standard InChI is InChI=1S/C27H22Br2N6/c28-22-18-8-6-16(26(30)31)12-20(18)34-24(22)14-2-4-15(5-3-14)25-23(29)19-9-7-17(13-21(19)35-25)27-32-10-1-11-33-27/h2-9,12-13,34-35H,1,10-11H2,(H3,30,31)(H,32,33). The number of benzene rings is 3. The van der Waals surface area contributed by atoms with Gasteiger partial charge in [0.15, 0.2) is 0 Å². The second-order valence-corrected chi connectivity index (χ2v) is 10.2. The monoisotopic (exact) mass is 588 g/mol.